The maximum Gasteiger partial charge on any atom is 0.240 e. The second-order valence-corrected chi connectivity index (χ2v) is 6.21. The number of hydrogen-bond donors (Lipinski definition) is 2. The van der Waals surface area contributed by atoms with Crippen molar-refractivity contribution in [1.82, 2.24) is 9.88 Å². The molecule has 0 radical (unpaired) electrons. The van der Waals surface area contributed by atoms with Gasteiger partial charge in [0.25, 0.3) is 0 Å². The minimum absolute atomic E-state index is 0.0494. The van der Waals surface area contributed by atoms with Gasteiger partial charge in [-0.15, -0.1) is 0 Å². The molecule has 0 bridgehead atoms. The molecule has 1 aliphatic heterocycles. The van der Waals surface area contributed by atoms with Crippen molar-refractivity contribution in [3.05, 3.63) is 36.0 Å². The van der Waals surface area contributed by atoms with Crippen LogP contribution in [-0.2, 0) is 16.0 Å². The lowest BCUT2D eigenvalue weighted by Gasteiger charge is -2.33. The molecule has 5 nitrogen and oxygen atoms in total. The van der Waals surface area contributed by atoms with Crippen molar-refractivity contribution in [2.75, 3.05) is 6.54 Å². The van der Waals surface area contributed by atoms with Gasteiger partial charge in [-0.2, -0.15) is 0 Å². The van der Waals surface area contributed by atoms with Crippen LogP contribution in [0, 0.1) is 0 Å². The number of H-pyrrole nitrogens is 1. The van der Waals surface area contributed by atoms with Crippen LogP contribution in [0.2, 0.25) is 0 Å². The summed E-state index contributed by atoms with van der Waals surface area (Å²) in [7, 11) is 0. The Labute approximate surface area is 135 Å². The van der Waals surface area contributed by atoms with Crippen LogP contribution >= 0.6 is 0 Å². The number of rotatable bonds is 5. The number of carbonyl (C=O) groups is 2. The third-order valence-corrected chi connectivity index (χ3v) is 4.66. The molecule has 0 saturated carbocycles. The molecule has 1 aromatic carbocycles. The normalized spacial score (nSPS) is 18.3. The van der Waals surface area contributed by atoms with E-state index in [1.165, 1.54) is 10.9 Å². The Kier molecular flexibility index (Phi) is 4.65. The number of likely N-dealkylation sites (tertiary alicyclic amines) is 1. The van der Waals surface area contributed by atoms with Crippen LogP contribution in [0.5, 0.6) is 0 Å². The van der Waals surface area contributed by atoms with Crippen LogP contribution in [0.1, 0.15) is 37.7 Å². The van der Waals surface area contributed by atoms with Crippen molar-refractivity contribution in [1.29, 1.82) is 0 Å². The average molecular weight is 313 g/mol. The van der Waals surface area contributed by atoms with Gasteiger partial charge in [0, 0.05) is 30.1 Å². The molecule has 0 aliphatic carbocycles. The molecular weight excluding hydrogens is 290 g/mol. The fraction of sp³-hybridized carbons (Fsp3) is 0.444. The van der Waals surface area contributed by atoms with Crippen LogP contribution < -0.4 is 5.73 Å². The number of para-hydroxylation sites is 1. The molecule has 1 aliphatic rings. The van der Waals surface area contributed by atoms with E-state index >= 15 is 0 Å². The van der Waals surface area contributed by atoms with Gasteiger partial charge in [0.05, 0.1) is 0 Å². The molecular formula is C18H23N3O2. The Balaban J connectivity index is 1.57. The molecule has 2 heterocycles. The number of nitrogens with one attached hydrogen (secondary N) is 1. The van der Waals surface area contributed by atoms with Gasteiger partial charge < -0.3 is 15.6 Å². The molecule has 1 fully saturated rings. The Hall–Kier alpha value is -2.30. The standard InChI is InChI=1S/C18H23N3O2/c19-18(23)16-9-3-4-11-21(16)17(22)10-5-6-13-12-20-15-8-2-1-7-14(13)15/h1-2,7-8,12,16,20H,3-6,9-11H2,(H2,19,23). The summed E-state index contributed by atoms with van der Waals surface area (Å²) in [5.41, 5.74) is 7.78. The first-order valence-electron chi connectivity index (χ1n) is 8.30. The maximum absolute atomic E-state index is 12.4. The number of benzene rings is 1. The number of aromatic nitrogens is 1. The third-order valence-electron chi connectivity index (χ3n) is 4.66. The number of amides is 2. The Bertz CT molecular complexity index is 707. The predicted molar refractivity (Wildman–Crippen MR) is 89.8 cm³/mol. The summed E-state index contributed by atoms with van der Waals surface area (Å²) in [6.07, 6.45) is 6.73. The molecule has 2 aromatic rings. The zero-order valence-electron chi connectivity index (χ0n) is 13.3. The van der Waals surface area contributed by atoms with Crippen LogP contribution in [0.15, 0.2) is 30.5 Å². The minimum Gasteiger partial charge on any atom is -0.368 e. The number of aromatic amines is 1. The monoisotopic (exact) mass is 313 g/mol. The largest absolute Gasteiger partial charge is 0.368 e. The predicted octanol–water partition coefficient (Wildman–Crippen LogP) is 2.36. The molecule has 23 heavy (non-hydrogen) atoms. The van der Waals surface area contributed by atoms with Crippen LogP contribution in [0.25, 0.3) is 10.9 Å². The van der Waals surface area contributed by atoms with Gasteiger partial charge in [0.2, 0.25) is 11.8 Å². The highest BCUT2D eigenvalue weighted by molar-refractivity contribution is 5.87. The molecule has 5 heteroatoms. The fourth-order valence-corrected chi connectivity index (χ4v) is 3.44. The van der Waals surface area contributed by atoms with Gasteiger partial charge in [-0.25, -0.2) is 0 Å². The van der Waals surface area contributed by atoms with Gasteiger partial charge >= 0.3 is 0 Å². The van der Waals surface area contributed by atoms with E-state index in [1.807, 2.05) is 18.3 Å². The highest BCUT2D eigenvalue weighted by atomic mass is 16.2. The van der Waals surface area contributed by atoms with Crippen LogP contribution in [0.3, 0.4) is 0 Å². The molecule has 1 aromatic heterocycles. The molecule has 3 N–H and O–H groups in total. The summed E-state index contributed by atoms with van der Waals surface area (Å²) in [6.45, 7) is 0.652. The summed E-state index contributed by atoms with van der Waals surface area (Å²) in [4.78, 5) is 28.9. The molecule has 1 atom stereocenters. The smallest absolute Gasteiger partial charge is 0.240 e. The number of primary amides is 1. The van der Waals surface area contributed by atoms with Crippen LogP contribution in [-0.4, -0.2) is 34.3 Å². The topological polar surface area (TPSA) is 79.2 Å². The van der Waals surface area contributed by atoms with Gasteiger partial charge in [0.15, 0.2) is 0 Å². The number of aryl methyl sites for hydroxylation is 1. The lowest BCUT2D eigenvalue weighted by atomic mass is 10.00. The first-order valence-corrected chi connectivity index (χ1v) is 8.30. The number of carbonyl (C=O) groups excluding carboxylic acids is 2. The first-order chi connectivity index (χ1) is 11.2. The molecule has 1 saturated heterocycles. The van der Waals surface area contributed by atoms with Crippen LogP contribution in [0.4, 0.5) is 0 Å². The average Bonchev–Trinajstić information content (AvgIpc) is 2.98. The Morgan fingerprint density at radius 1 is 1.26 bits per heavy atom. The zero-order chi connectivity index (χ0) is 16.2. The van der Waals surface area contributed by atoms with Crippen molar-refractivity contribution < 1.29 is 9.59 Å². The summed E-state index contributed by atoms with van der Waals surface area (Å²) in [5, 5.41) is 1.22. The van der Waals surface area contributed by atoms with E-state index in [0.717, 1.165) is 31.2 Å². The molecule has 3 rings (SSSR count). The van der Waals surface area contributed by atoms with E-state index in [1.54, 1.807) is 4.90 Å². The summed E-state index contributed by atoms with van der Waals surface area (Å²) in [5.74, 6) is -0.331. The lowest BCUT2D eigenvalue weighted by Crippen LogP contribution is -2.50. The molecule has 122 valence electrons. The number of hydrogen-bond acceptors (Lipinski definition) is 2. The Morgan fingerprint density at radius 3 is 2.91 bits per heavy atom. The highest BCUT2D eigenvalue weighted by Gasteiger charge is 2.29. The van der Waals surface area contributed by atoms with Crippen molar-refractivity contribution in [3.8, 4) is 0 Å². The number of piperidine rings is 1. The molecule has 1 unspecified atom stereocenters. The SMILES string of the molecule is NC(=O)C1CCCCN1C(=O)CCCc1c[nH]c2ccccc12. The highest BCUT2D eigenvalue weighted by Crippen LogP contribution is 2.21. The van der Waals surface area contributed by atoms with E-state index in [0.29, 0.717) is 19.4 Å². The van der Waals surface area contributed by atoms with E-state index < -0.39 is 6.04 Å². The minimum atomic E-state index is -0.413. The second kappa shape index (κ2) is 6.86. The van der Waals surface area contributed by atoms with Crippen molar-refractivity contribution in [2.24, 2.45) is 5.73 Å². The molecule has 2 amide bonds. The lowest BCUT2D eigenvalue weighted by molar-refractivity contribution is -0.141. The van der Waals surface area contributed by atoms with E-state index in [4.69, 9.17) is 5.73 Å². The quantitative estimate of drug-likeness (QED) is 0.888. The number of nitrogens with zero attached hydrogens (tertiary/aromatic N) is 1. The summed E-state index contributed by atoms with van der Waals surface area (Å²) >= 11 is 0. The van der Waals surface area contributed by atoms with Gasteiger partial charge in [-0.1, -0.05) is 18.2 Å². The van der Waals surface area contributed by atoms with Gasteiger partial charge in [-0.3, -0.25) is 9.59 Å². The van der Waals surface area contributed by atoms with E-state index in [-0.39, 0.29) is 11.8 Å². The zero-order valence-corrected chi connectivity index (χ0v) is 13.3. The summed E-state index contributed by atoms with van der Waals surface area (Å²) in [6, 6.07) is 7.76. The second-order valence-electron chi connectivity index (χ2n) is 6.21. The van der Waals surface area contributed by atoms with E-state index in [2.05, 4.69) is 17.1 Å². The number of nitrogens with two attached hydrogens (primary N) is 1. The molecule has 0 spiro atoms. The number of fused-ring (bicyclic) bond motifs is 1. The third kappa shape index (κ3) is 3.38. The van der Waals surface area contributed by atoms with Crippen molar-refractivity contribution in [2.45, 2.75) is 44.6 Å². The maximum atomic E-state index is 12.4. The van der Waals surface area contributed by atoms with Gasteiger partial charge in [-0.05, 0) is 43.7 Å². The van der Waals surface area contributed by atoms with Crippen molar-refractivity contribution in [3.63, 3.8) is 0 Å². The van der Waals surface area contributed by atoms with Gasteiger partial charge in [0.1, 0.15) is 6.04 Å². The summed E-state index contributed by atoms with van der Waals surface area (Å²) < 4.78 is 0. The first kappa shape index (κ1) is 15.6. The fourth-order valence-electron chi connectivity index (χ4n) is 3.44. The Morgan fingerprint density at radius 2 is 2.09 bits per heavy atom. The van der Waals surface area contributed by atoms with E-state index in [9.17, 15) is 9.59 Å². The van der Waals surface area contributed by atoms with Crippen molar-refractivity contribution >= 4 is 22.7 Å².